The predicted molar refractivity (Wildman–Crippen MR) is 53.0 cm³/mol. The molecule has 74 valence electrons. The van der Waals surface area contributed by atoms with Gasteiger partial charge in [-0.1, -0.05) is 12.1 Å². The average molecular weight is 193 g/mol. The normalized spacial score (nSPS) is 9.50. The zero-order chi connectivity index (χ0) is 10.6. The molecule has 0 bridgehead atoms. The summed E-state index contributed by atoms with van der Waals surface area (Å²) < 4.78 is 0. The van der Waals surface area contributed by atoms with Crippen LogP contribution in [0.5, 0.6) is 0 Å². The molecule has 0 radical (unpaired) electrons. The van der Waals surface area contributed by atoms with Gasteiger partial charge in [0.1, 0.15) is 0 Å². The molecule has 5 heteroatoms. The van der Waals surface area contributed by atoms with Gasteiger partial charge in [0.25, 0.3) is 0 Å². The molecule has 0 saturated heterocycles. The Hall–Kier alpha value is -1.88. The monoisotopic (exact) mass is 193 g/mol. The highest BCUT2D eigenvalue weighted by Crippen LogP contribution is 2.14. The Bertz CT molecular complexity index is 363. The molecule has 5 nitrogen and oxygen atoms in total. The van der Waals surface area contributed by atoms with Gasteiger partial charge in [-0.2, -0.15) is 0 Å². The van der Waals surface area contributed by atoms with Crippen molar-refractivity contribution in [3.8, 4) is 0 Å². The molecule has 0 spiro atoms. The summed E-state index contributed by atoms with van der Waals surface area (Å²) in [7, 11) is 0. The molecule has 5 N–H and O–H groups in total. The largest absolute Gasteiger partial charge is 0.351 e. The molecule has 0 aromatic heterocycles. The number of nitrogens with one attached hydrogen (secondary N) is 1. The number of benzene rings is 1. The molecule has 2 amide bonds. The number of hydrogen-bond acceptors (Lipinski definition) is 3. The average Bonchev–Trinajstić information content (AvgIpc) is 2.16. The maximum atomic E-state index is 11.3. The van der Waals surface area contributed by atoms with Crippen LogP contribution in [-0.4, -0.2) is 18.4 Å². The first-order valence-electron chi connectivity index (χ1n) is 4.04. The lowest BCUT2D eigenvalue weighted by Gasteiger charge is -2.06. The summed E-state index contributed by atoms with van der Waals surface area (Å²) in [6.45, 7) is -0.0997. The van der Waals surface area contributed by atoms with Gasteiger partial charge < -0.3 is 16.8 Å². The quantitative estimate of drug-likeness (QED) is 0.603. The number of nitrogens with two attached hydrogens (primary N) is 2. The Morgan fingerprint density at radius 2 is 1.93 bits per heavy atom. The minimum atomic E-state index is -0.706. The van der Waals surface area contributed by atoms with E-state index in [2.05, 4.69) is 5.32 Å². The van der Waals surface area contributed by atoms with Gasteiger partial charge in [0.15, 0.2) is 5.78 Å². The van der Waals surface area contributed by atoms with Crippen LogP contribution in [0.1, 0.15) is 10.4 Å². The topological polar surface area (TPSA) is 98.2 Å². The van der Waals surface area contributed by atoms with Crippen molar-refractivity contribution in [3.63, 3.8) is 0 Å². The molecule has 0 atom stereocenters. The Morgan fingerprint density at radius 1 is 1.29 bits per heavy atom. The summed E-state index contributed by atoms with van der Waals surface area (Å²) >= 11 is 0. The Morgan fingerprint density at radius 3 is 2.50 bits per heavy atom. The van der Waals surface area contributed by atoms with Gasteiger partial charge in [0.2, 0.25) is 0 Å². The lowest BCUT2D eigenvalue weighted by Crippen LogP contribution is -2.22. The predicted octanol–water partition coefficient (Wildman–Crippen LogP) is 0.319. The van der Waals surface area contributed by atoms with Crippen molar-refractivity contribution in [2.45, 2.75) is 0 Å². The van der Waals surface area contributed by atoms with Gasteiger partial charge in [0, 0.05) is 5.56 Å². The van der Waals surface area contributed by atoms with Gasteiger partial charge in [-0.15, -0.1) is 0 Å². The van der Waals surface area contributed by atoms with Crippen LogP contribution in [0.15, 0.2) is 24.3 Å². The molecule has 0 aliphatic heterocycles. The van der Waals surface area contributed by atoms with Crippen molar-refractivity contribution in [2.75, 3.05) is 11.9 Å². The maximum absolute atomic E-state index is 11.3. The number of carbonyl (C=O) groups is 2. The van der Waals surface area contributed by atoms with Crippen molar-refractivity contribution in [2.24, 2.45) is 11.5 Å². The highest BCUT2D eigenvalue weighted by molar-refractivity contribution is 6.05. The van der Waals surface area contributed by atoms with Gasteiger partial charge in [-0.25, -0.2) is 4.79 Å². The third-order valence-electron chi connectivity index (χ3n) is 1.67. The van der Waals surface area contributed by atoms with E-state index in [1.54, 1.807) is 24.3 Å². The van der Waals surface area contributed by atoms with E-state index in [1.165, 1.54) is 0 Å². The van der Waals surface area contributed by atoms with Crippen molar-refractivity contribution < 1.29 is 9.59 Å². The van der Waals surface area contributed by atoms with E-state index >= 15 is 0 Å². The lowest BCUT2D eigenvalue weighted by atomic mass is 10.1. The van der Waals surface area contributed by atoms with Gasteiger partial charge in [-0.05, 0) is 12.1 Å². The zero-order valence-electron chi connectivity index (χ0n) is 7.49. The molecule has 1 aromatic rings. The highest BCUT2D eigenvalue weighted by atomic mass is 16.2. The van der Waals surface area contributed by atoms with Gasteiger partial charge >= 0.3 is 6.03 Å². The van der Waals surface area contributed by atoms with E-state index in [1.807, 2.05) is 0 Å². The second kappa shape index (κ2) is 4.38. The Kier molecular flexibility index (Phi) is 3.19. The first-order chi connectivity index (χ1) is 6.65. The minimum absolute atomic E-state index is 0.0997. The summed E-state index contributed by atoms with van der Waals surface area (Å²) in [5.74, 6) is -0.241. The van der Waals surface area contributed by atoms with Crippen molar-refractivity contribution in [3.05, 3.63) is 29.8 Å². The van der Waals surface area contributed by atoms with Crippen LogP contribution < -0.4 is 16.8 Å². The molecule has 0 saturated carbocycles. The SMILES string of the molecule is NCC(=O)c1ccccc1NC(N)=O. The standard InChI is InChI=1S/C9H11N3O2/c10-5-8(13)6-3-1-2-4-7(6)12-9(11)14/h1-4H,5,10H2,(H3,11,12,14). The first-order valence-corrected chi connectivity index (χ1v) is 4.04. The number of primary amides is 1. The molecular formula is C9H11N3O2. The molecular weight excluding hydrogens is 182 g/mol. The Balaban J connectivity index is 3.02. The van der Waals surface area contributed by atoms with E-state index in [4.69, 9.17) is 11.5 Å². The van der Waals surface area contributed by atoms with Gasteiger partial charge in [0.05, 0.1) is 12.2 Å². The second-order valence-electron chi connectivity index (χ2n) is 2.66. The number of hydrogen-bond donors (Lipinski definition) is 3. The van der Waals surface area contributed by atoms with E-state index in [9.17, 15) is 9.59 Å². The number of amides is 2. The smallest absolute Gasteiger partial charge is 0.316 e. The summed E-state index contributed by atoms with van der Waals surface area (Å²) in [4.78, 5) is 21.9. The number of urea groups is 1. The van der Waals surface area contributed by atoms with Crippen LogP contribution in [0, 0.1) is 0 Å². The number of rotatable bonds is 3. The summed E-state index contributed by atoms with van der Waals surface area (Å²) in [5.41, 5.74) is 10.9. The molecule has 0 heterocycles. The lowest BCUT2D eigenvalue weighted by molar-refractivity contribution is 0.100. The number of para-hydroxylation sites is 1. The van der Waals surface area contributed by atoms with Gasteiger partial charge in [-0.3, -0.25) is 4.79 Å². The van der Waals surface area contributed by atoms with E-state index in [-0.39, 0.29) is 12.3 Å². The van der Waals surface area contributed by atoms with E-state index in [0.717, 1.165) is 0 Å². The summed E-state index contributed by atoms with van der Waals surface area (Å²) in [6, 6.07) is 5.85. The van der Waals surface area contributed by atoms with E-state index in [0.29, 0.717) is 11.3 Å². The maximum Gasteiger partial charge on any atom is 0.316 e. The second-order valence-corrected chi connectivity index (χ2v) is 2.66. The third kappa shape index (κ3) is 2.30. The fraction of sp³-hybridized carbons (Fsp3) is 0.111. The molecule has 0 unspecified atom stereocenters. The van der Waals surface area contributed by atoms with E-state index < -0.39 is 6.03 Å². The Labute approximate surface area is 81.1 Å². The summed E-state index contributed by atoms with van der Waals surface area (Å²) in [5, 5.41) is 2.35. The molecule has 1 rings (SSSR count). The zero-order valence-corrected chi connectivity index (χ0v) is 7.49. The molecule has 0 fully saturated rings. The fourth-order valence-corrected chi connectivity index (χ4v) is 1.08. The van der Waals surface area contributed by atoms with Crippen LogP contribution >= 0.6 is 0 Å². The molecule has 0 aliphatic rings. The van der Waals surface area contributed by atoms with Crippen LogP contribution in [0.25, 0.3) is 0 Å². The number of Topliss-reactive ketones (excluding diaryl/α,β-unsaturated/α-hetero) is 1. The number of ketones is 1. The summed E-state index contributed by atoms with van der Waals surface area (Å²) in [6.07, 6.45) is 0. The van der Waals surface area contributed by atoms with Crippen molar-refractivity contribution in [1.82, 2.24) is 0 Å². The fourth-order valence-electron chi connectivity index (χ4n) is 1.08. The van der Waals surface area contributed by atoms with Crippen LogP contribution in [0.3, 0.4) is 0 Å². The van der Waals surface area contributed by atoms with Crippen LogP contribution in [0.4, 0.5) is 10.5 Å². The van der Waals surface area contributed by atoms with Crippen molar-refractivity contribution in [1.29, 1.82) is 0 Å². The third-order valence-corrected chi connectivity index (χ3v) is 1.67. The highest BCUT2D eigenvalue weighted by Gasteiger charge is 2.09. The molecule has 1 aromatic carbocycles. The number of carbonyl (C=O) groups excluding carboxylic acids is 2. The minimum Gasteiger partial charge on any atom is -0.351 e. The molecule has 0 aliphatic carbocycles. The van der Waals surface area contributed by atoms with Crippen LogP contribution in [-0.2, 0) is 0 Å². The first kappa shape index (κ1) is 10.2. The van der Waals surface area contributed by atoms with Crippen LogP contribution in [0.2, 0.25) is 0 Å². The van der Waals surface area contributed by atoms with Crippen molar-refractivity contribution >= 4 is 17.5 Å². The number of anilines is 1. The molecule has 14 heavy (non-hydrogen) atoms.